The molecule has 0 aliphatic rings. The van der Waals surface area contributed by atoms with Crippen LogP contribution in [0.1, 0.15) is 11.4 Å². The number of hydrogen-bond donors (Lipinski definition) is 2. The number of hydrogen-bond acceptors (Lipinski definition) is 12. The predicted molar refractivity (Wildman–Crippen MR) is 72.8 cm³/mol. The van der Waals surface area contributed by atoms with Crippen molar-refractivity contribution in [2.75, 3.05) is 0 Å². The average molecular weight is 501 g/mol. The summed E-state index contributed by atoms with van der Waals surface area (Å²) < 4.78 is 67.9. The summed E-state index contributed by atoms with van der Waals surface area (Å²) in [4.78, 5) is 9.14. The van der Waals surface area contributed by atoms with E-state index in [1.54, 1.807) is 0 Å². The van der Waals surface area contributed by atoms with Crippen molar-refractivity contribution in [2.24, 2.45) is 11.5 Å². The third-order valence-corrected chi connectivity index (χ3v) is 3.05. The van der Waals surface area contributed by atoms with Crippen LogP contribution in [-0.4, -0.2) is 9.97 Å². The molecule has 3 rings (SSSR count). The van der Waals surface area contributed by atoms with Gasteiger partial charge in [-0.15, -0.1) is 20.5 Å². The van der Waals surface area contributed by atoms with E-state index < -0.39 is 20.5 Å². The summed E-state index contributed by atoms with van der Waals surface area (Å²) in [5.41, 5.74) is 14.8. The number of benzene rings is 1. The first-order valence-corrected chi connectivity index (χ1v) is 9.60. The van der Waals surface area contributed by atoms with Crippen molar-refractivity contribution in [3.8, 4) is 0 Å². The second-order valence-electron chi connectivity index (χ2n) is 4.98. The first-order chi connectivity index (χ1) is 12.8. The fraction of sp³-hybridized carbons (Fsp3) is 0.143. The minimum absolute atomic E-state index is 0. The maximum Gasteiger partial charge on any atom is 2.00 e. The molecule has 29 heavy (non-hydrogen) atoms. The van der Waals surface area contributed by atoms with Crippen LogP contribution in [0.15, 0.2) is 36.4 Å². The SMILES string of the molecule is NCc1ccc2ccc3ccc(CN)nc3c2n1.[Cu+2].[O-][Cl+3]([O-])([O-])[O-].[O-][Cl+3]([O-])([O-])[O-]. The minimum Gasteiger partial charge on any atom is -0.325 e. The van der Waals surface area contributed by atoms with Crippen molar-refractivity contribution in [1.29, 1.82) is 0 Å². The van der Waals surface area contributed by atoms with Gasteiger partial charge in [0.15, 0.2) is 0 Å². The Balaban J connectivity index is 0.000000602. The summed E-state index contributed by atoms with van der Waals surface area (Å²) in [6.45, 7) is 0.867. The standard InChI is InChI=1S/C14H14N4.2ClHO4.Cu/c15-7-11-5-3-9-1-2-10-4-6-12(8-16)18-14(10)13(9)17-11;2*2-1(3,4)5;/h1-6H,7-8,15-16H2;2*(H,2,3,4,5);/q;;;+2/p-2. The molecule has 0 atom stereocenters. The molecule has 1 radical (unpaired) electrons. The van der Waals surface area contributed by atoms with E-state index in [1.807, 2.05) is 24.3 Å². The van der Waals surface area contributed by atoms with Gasteiger partial charge in [-0.25, -0.2) is 47.2 Å². The molecule has 2 heterocycles. The number of fused-ring (bicyclic) bond motifs is 3. The fourth-order valence-electron chi connectivity index (χ4n) is 2.08. The minimum atomic E-state index is -4.94. The number of pyridine rings is 2. The Morgan fingerprint density at radius 3 is 1.07 bits per heavy atom. The largest absolute Gasteiger partial charge is 2.00 e. The summed E-state index contributed by atoms with van der Waals surface area (Å²) in [5.74, 6) is 0. The number of nitrogens with two attached hydrogens (primary N) is 2. The monoisotopic (exact) mass is 499 g/mol. The molecule has 0 amide bonds. The van der Waals surface area contributed by atoms with Crippen LogP contribution in [0.5, 0.6) is 0 Å². The van der Waals surface area contributed by atoms with Crippen LogP contribution in [0, 0.1) is 20.5 Å². The summed E-state index contributed by atoms with van der Waals surface area (Å²) >= 11 is 0. The van der Waals surface area contributed by atoms with Crippen molar-refractivity contribution >= 4 is 21.8 Å². The zero-order chi connectivity index (χ0) is 21.5. The van der Waals surface area contributed by atoms with Crippen LogP contribution in [0.4, 0.5) is 0 Å². The Bertz CT molecular complexity index is 837. The average Bonchev–Trinajstić information content (AvgIpc) is 2.57. The van der Waals surface area contributed by atoms with Gasteiger partial charge in [-0.1, -0.05) is 24.3 Å². The molecule has 15 heteroatoms. The molecule has 0 fully saturated rings. The molecule has 4 N–H and O–H groups in total. The van der Waals surface area contributed by atoms with Gasteiger partial charge in [-0.2, -0.15) is 0 Å². The summed E-state index contributed by atoms with van der Waals surface area (Å²) in [6.07, 6.45) is 0. The number of rotatable bonds is 2. The first-order valence-electron chi connectivity index (χ1n) is 7.13. The molecule has 12 nitrogen and oxygen atoms in total. The van der Waals surface area contributed by atoms with Crippen molar-refractivity contribution in [3.05, 3.63) is 47.8 Å². The Morgan fingerprint density at radius 1 is 0.586 bits per heavy atom. The normalized spacial score (nSPS) is 11.1. The van der Waals surface area contributed by atoms with Gasteiger partial charge in [-0.05, 0) is 12.1 Å². The van der Waals surface area contributed by atoms with Crippen LogP contribution < -0.4 is 48.7 Å². The second kappa shape index (κ2) is 11.8. The Labute approximate surface area is 179 Å². The van der Waals surface area contributed by atoms with Crippen LogP contribution in [0.3, 0.4) is 0 Å². The molecule has 3 aromatic rings. The van der Waals surface area contributed by atoms with Gasteiger partial charge in [0.2, 0.25) is 0 Å². The predicted octanol–water partition coefficient (Wildman–Crippen LogP) is -7.81. The van der Waals surface area contributed by atoms with E-state index in [4.69, 9.17) is 48.7 Å². The van der Waals surface area contributed by atoms with Crippen LogP contribution in [0.25, 0.3) is 21.8 Å². The third-order valence-electron chi connectivity index (χ3n) is 3.05. The van der Waals surface area contributed by atoms with E-state index >= 15 is 0 Å². The smallest absolute Gasteiger partial charge is 0.325 e. The van der Waals surface area contributed by atoms with E-state index in [1.165, 1.54) is 0 Å². The Hall–Kier alpha value is -1.26. The maximum absolute atomic E-state index is 8.49. The molecular weight excluding hydrogens is 487 g/mol. The number of halogens is 2. The molecule has 1 aromatic carbocycles. The topological polar surface area (TPSA) is 262 Å². The van der Waals surface area contributed by atoms with E-state index in [9.17, 15) is 0 Å². The molecule has 0 bridgehead atoms. The van der Waals surface area contributed by atoms with Gasteiger partial charge in [0, 0.05) is 23.9 Å². The van der Waals surface area contributed by atoms with Crippen molar-refractivity contribution < 1.29 is 74.8 Å². The summed E-state index contributed by atoms with van der Waals surface area (Å²) in [7, 11) is -9.89. The molecule has 0 saturated carbocycles. The fourth-order valence-corrected chi connectivity index (χ4v) is 2.08. The molecule has 0 spiro atoms. The summed E-state index contributed by atoms with van der Waals surface area (Å²) in [5, 5.41) is 2.14. The van der Waals surface area contributed by atoms with Crippen molar-refractivity contribution in [3.63, 3.8) is 0 Å². The van der Waals surface area contributed by atoms with Gasteiger partial charge in [0.05, 0.1) is 22.4 Å². The van der Waals surface area contributed by atoms with E-state index in [2.05, 4.69) is 22.1 Å². The van der Waals surface area contributed by atoms with Crippen molar-refractivity contribution in [1.82, 2.24) is 9.97 Å². The number of nitrogens with zero attached hydrogens (tertiary/aromatic N) is 2. The van der Waals surface area contributed by atoms with Crippen LogP contribution in [0.2, 0.25) is 0 Å². The molecule has 0 aliphatic carbocycles. The molecule has 0 aliphatic heterocycles. The Morgan fingerprint density at radius 2 is 0.828 bits per heavy atom. The van der Waals surface area contributed by atoms with Crippen LogP contribution in [-0.2, 0) is 30.2 Å². The van der Waals surface area contributed by atoms with Gasteiger partial charge < -0.3 is 11.5 Å². The van der Waals surface area contributed by atoms with Gasteiger partial charge in [-0.3, -0.25) is 0 Å². The number of aromatic nitrogens is 2. The van der Waals surface area contributed by atoms with Gasteiger partial charge in [0.25, 0.3) is 0 Å². The molecule has 0 saturated heterocycles. The maximum atomic E-state index is 8.49. The van der Waals surface area contributed by atoms with Crippen LogP contribution >= 0.6 is 0 Å². The second-order valence-corrected chi connectivity index (χ2v) is 6.49. The van der Waals surface area contributed by atoms with E-state index in [-0.39, 0.29) is 17.1 Å². The van der Waals surface area contributed by atoms with Gasteiger partial charge in [0.1, 0.15) is 0 Å². The molecule has 0 unspecified atom stereocenters. The first kappa shape index (κ1) is 27.7. The molecule has 2 aromatic heterocycles. The zero-order valence-corrected chi connectivity index (χ0v) is 16.7. The molecule has 163 valence electrons. The van der Waals surface area contributed by atoms with Crippen molar-refractivity contribution in [2.45, 2.75) is 13.1 Å². The zero-order valence-electron chi connectivity index (χ0n) is 14.3. The quantitative estimate of drug-likeness (QED) is 0.245. The van der Waals surface area contributed by atoms with Gasteiger partial charge >= 0.3 is 17.1 Å². The third kappa shape index (κ3) is 11.5. The Kier molecular flexibility index (Phi) is 11.3. The molecular formula is C14H14Cl2CuN4O8. The van der Waals surface area contributed by atoms with E-state index in [0.29, 0.717) is 13.1 Å². The summed E-state index contributed by atoms with van der Waals surface area (Å²) in [6, 6.07) is 12.0. The van der Waals surface area contributed by atoms with E-state index in [0.717, 1.165) is 33.2 Å².